The van der Waals surface area contributed by atoms with E-state index in [1.807, 2.05) is 11.9 Å². The Morgan fingerprint density at radius 2 is 2.33 bits per heavy atom. The number of hydrogen-bond acceptors (Lipinski definition) is 6. The van der Waals surface area contributed by atoms with Crippen LogP contribution in [-0.4, -0.2) is 53.6 Å². The highest BCUT2D eigenvalue weighted by atomic mass is 16.5. The van der Waals surface area contributed by atoms with Crippen molar-refractivity contribution in [2.24, 2.45) is 0 Å². The van der Waals surface area contributed by atoms with E-state index in [9.17, 15) is 5.11 Å². The van der Waals surface area contributed by atoms with E-state index in [4.69, 9.17) is 9.26 Å². The average Bonchev–Trinajstić information content (AvgIpc) is 2.51. The third-order valence-corrected chi connectivity index (χ3v) is 1.86. The molecule has 1 aromatic heterocycles. The number of ether oxygens (including phenoxy) is 1. The van der Waals surface area contributed by atoms with Crippen LogP contribution in [0.25, 0.3) is 0 Å². The van der Waals surface area contributed by atoms with Crippen LogP contribution >= 0.6 is 0 Å². The summed E-state index contributed by atoms with van der Waals surface area (Å²) in [6, 6.07) is 0. The standard InChI is InChI=1S/C9H17N3O3/c1-7-10-9(11-15-7)5-12(2)4-8(13)6-14-3/h8,13H,4-6H2,1-3H3. The average molecular weight is 215 g/mol. The summed E-state index contributed by atoms with van der Waals surface area (Å²) < 4.78 is 9.68. The van der Waals surface area contributed by atoms with Crippen molar-refractivity contribution in [3.05, 3.63) is 11.7 Å². The van der Waals surface area contributed by atoms with Crippen molar-refractivity contribution in [1.82, 2.24) is 15.0 Å². The third kappa shape index (κ3) is 4.37. The van der Waals surface area contributed by atoms with Gasteiger partial charge in [-0.1, -0.05) is 5.16 Å². The predicted molar refractivity (Wildman–Crippen MR) is 53.3 cm³/mol. The van der Waals surface area contributed by atoms with Gasteiger partial charge in [-0.2, -0.15) is 4.98 Å². The fraction of sp³-hybridized carbons (Fsp3) is 0.778. The molecule has 0 spiro atoms. The summed E-state index contributed by atoms with van der Waals surface area (Å²) in [7, 11) is 3.44. The number of likely N-dealkylation sites (N-methyl/N-ethyl adjacent to an activating group) is 1. The SMILES string of the molecule is COCC(O)CN(C)Cc1noc(C)n1. The zero-order chi connectivity index (χ0) is 11.3. The minimum atomic E-state index is -0.493. The minimum absolute atomic E-state index is 0.329. The lowest BCUT2D eigenvalue weighted by Gasteiger charge is -2.18. The molecule has 0 bridgehead atoms. The first-order chi connectivity index (χ1) is 7.11. The van der Waals surface area contributed by atoms with E-state index in [-0.39, 0.29) is 0 Å². The van der Waals surface area contributed by atoms with Gasteiger partial charge in [-0.15, -0.1) is 0 Å². The first-order valence-electron chi connectivity index (χ1n) is 4.76. The van der Waals surface area contributed by atoms with Crippen molar-refractivity contribution in [3.63, 3.8) is 0 Å². The highest BCUT2D eigenvalue weighted by Crippen LogP contribution is 2.00. The van der Waals surface area contributed by atoms with Crippen LogP contribution in [0.3, 0.4) is 0 Å². The third-order valence-electron chi connectivity index (χ3n) is 1.86. The zero-order valence-corrected chi connectivity index (χ0v) is 9.30. The van der Waals surface area contributed by atoms with Gasteiger partial charge in [-0.05, 0) is 7.05 Å². The second kappa shape index (κ2) is 5.79. The Labute approximate surface area is 88.8 Å². The van der Waals surface area contributed by atoms with E-state index in [0.717, 1.165) is 0 Å². The van der Waals surface area contributed by atoms with Crippen molar-refractivity contribution in [1.29, 1.82) is 0 Å². The van der Waals surface area contributed by atoms with Crippen LogP contribution in [-0.2, 0) is 11.3 Å². The molecule has 1 rings (SSSR count). The van der Waals surface area contributed by atoms with E-state index in [0.29, 0.717) is 31.4 Å². The summed E-state index contributed by atoms with van der Waals surface area (Å²) >= 11 is 0. The molecule has 6 nitrogen and oxygen atoms in total. The number of hydrogen-bond donors (Lipinski definition) is 1. The monoisotopic (exact) mass is 215 g/mol. The molecule has 1 atom stereocenters. The van der Waals surface area contributed by atoms with Gasteiger partial charge in [0.25, 0.3) is 0 Å². The van der Waals surface area contributed by atoms with Crippen molar-refractivity contribution in [3.8, 4) is 0 Å². The lowest BCUT2D eigenvalue weighted by molar-refractivity contribution is 0.0413. The predicted octanol–water partition coefficient (Wildman–Crippen LogP) is -0.183. The van der Waals surface area contributed by atoms with Crippen LogP contribution in [0.1, 0.15) is 11.7 Å². The molecule has 0 saturated heterocycles. The number of aromatic nitrogens is 2. The number of aryl methyl sites for hydroxylation is 1. The molecular formula is C9H17N3O3. The summed E-state index contributed by atoms with van der Waals surface area (Å²) in [6.07, 6.45) is -0.493. The van der Waals surface area contributed by atoms with E-state index >= 15 is 0 Å². The normalized spacial score (nSPS) is 13.4. The molecule has 0 aliphatic heterocycles. The number of nitrogens with zero attached hydrogens (tertiary/aromatic N) is 3. The first-order valence-corrected chi connectivity index (χ1v) is 4.76. The number of aliphatic hydroxyl groups is 1. The molecule has 0 aromatic carbocycles. The molecule has 0 radical (unpaired) electrons. The van der Waals surface area contributed by atoms with E-state index in [1.54, 1.807) is 14.0 Å². The van der Waals surface area contributed by atoms with E-state index in [1.165, 1.54) is 0 Å². The lowest BCUT2D eigenvalue weighted by Crippen LogP contribution is -2.31. The van der Waals surface area contributed by atoms with Gasteiger partial charge in [0.1, 0.15) is 0 Å². The molecule has 0 saturated carbocycles. The van der Waals surface area contributed by atoms with Gasteiger partial charge < -0.3 is 14.4 Å². The van der Waals surface area contributed by atoms with E-state index < -0.39 is 6.10 Å². The van der Waals surface area contributed by atoms with Gasteiger partial charge >= 0.3 is 0 Å². The Bertz CT molecular complexity index is 290. The Morgan fingerprint density at radius 3 is 2.87 bits per heavy atom. The van der Waals surface area contributed by atoms with Crippen molar-refractivity contribution < 1.29 is 14.4 Å². The Hall–Kier alpha value is -0.980. The van der Waals surface area contributed by atoms with E-state index in [2.05, 4.69) is 10.1 Å². The van der Waals surface area contributed by atoms with Crippen molar-refractivity contribution >= 4 is 0 Å². The molecular weight excluding hydrogens is 198 g/mol. The molecule has 1 aromatic rings. The van der Waals surface area contributed by atoms with Crippen LogP contribution in [0.5, 0.6) is 0 Å². The van der Waals surface area contributed by atoms with Gasteiger partial charge in [-0.25, -0.2) is 0 Å². The molecule has 1 unspecified atom stereocenters. The van der Waals surface area contributed by atoms with Gasteiger partial charge in [-0.3, -0.25) is 4.90 Å². The highest BCUT2D eigenvalue weighted by Gasteiger charge is 2.10. The summed E-state index contributed by atoms with van der Waals surface area (Å²) in [6.45, 7) is 3.14. The summed E-state index contributed by atoms with van der Waals surface area (Å²) in [5.74, 6) is 1.18. The van der Waals surface area contributed by atoms with Crippen LogP contribution in [0.2, 0.25) is 0 Å². The van der Waals surface area contributed by atoms with Crippen LogP contribution in [0.4, 0.5) is 0 Å². The molecule has 6 heteroatoms. The summed E-state index contributed by atoms with van der Waals surface area (Å²) in [5, 5.41) is 13.2. The summed E-state index contributed by atoms with van der Waals surface area (Å²) in [4.78, 5) is 5.98. The number of methoxy groups -OCH3 is 1. The molecule has 1 heterocycles. The maximum absolute atomic E-state index is 9.47. The molecule has 0 amide bonds. The minimum Gasteiger partial charge on any atom is -0.389 e. The van der Waals surface area contributed by atoms with Crippen LogP contribution in [0, 0.1) is 6.92 Å². The second-order valence-electron chi connectivity index (χ2n) is 3.54. The molecule has 1 N–H and O–H groups in total. The quantitative estimate of drug-likeness (QED) is 0.709. The Balaban J connectivity index is 2.32. The molecule has 0 aliphatic rings. The zero-order valence-electron chi connectivity index (χ0n) is 9.30. The topological polar surface area (TPSA) is 71.6 Å². The Morgan fingerprint density at radius 1 is 1.60 bits per heavy atom. The largest absolute Gasteiger partial charge is 0.389 e. The molecule has 15 heavy (non-hydrogen) atoms. The number of rotatable bonds is 6. The fourth-order valence-corrected chi connectivity index (χ4v) is 1.32. The van der Waals surface area contributed by atoms with Gasteiger partial charge in [0, 0.05) is 20.6 Å². The molecule has 86 valence electrons. The number of aliphatic hydroxyl groups excluding tert-OH is 1. The maximum atomic E-state index is 9.47. The first kappa shape index (κ1) is 12.1. The maximum Gasteiger partial charge on any atom is 0.223 e. The molecule has 0 fully saturated rings. The van der Waals surface area contributed by atoms with Gasteiger partial charge in [0.15, 0.2) is 5.82 Å². The van der Waals surface area contributed by atoms with Gasteiger partial charge in [0.05, 0.1) is 19.3 Å². The lowest BCUT2D eigenvalue weighted by atomic mass is 10.3. The molecule has 0 aliphatic carbocycles. The summed E-state index contributed by atoms with van der Waals surface area (Å²) in [5.41, 5.74) is 0. The van der Waals surface area contributed by atoms with Crippen LogP contribution < -0.4 is 0 Å². The second-order valence-corrected chi connectivity index (χ2v) is 3.54. The Kier molecular flexibility index (Phi) is 4.67. The highest BCUT2D eigenvalue weighted by molar-refractivity contribution is 4.83. The van der Waals surface area contributed by atoms with Crippen molar-refractivity contribution in [2.75, 3.05) is 27.3 Å². The van der Waals surface area contributed by atoms with Gasteiger partial charge in [0.2, 0.25) is 5.89 Å². The van der Waals surface area contributed by atoms with Crippen LogP contribution in [0.15, 0.2) is 4.52 Å². The smallest absolute Gasteiger partial charge is 0.223 e. The van der Waals surface area contributed by atoms with Crippen molar-refractivity contribution in [2.45, 2.75) is 19.6 Å². The fourth-order valence-electron chi connectivity index (χ4n) is 1.32.